The van der Waals surface area contributed by atoms with Crippen LogP contribution in [0.3, 0.4) is 0 Å². The van der Waals surface area contributed by atoms with Gasteiger partial charge in [0.1, 0.15) is 6.33 Å². The summed E-state index contributed by atoms with van der Waals surface area (Å²) < 4.78 is 1.89. The van der Waals surface area contributed by atoms with Gasteiger partial charge in [-0.3, -0.25) is 9.30 Å². The Kier molecular flexibility index (Phi) is 3.63. The van der Waals surface area contributed by atoms with Crippen LogP contribution in [-0.2, 0) is 6.54 Å². The van der Waals surface area contributed by atoms with Gasteiger partial charge in [-0.25, -0.2) is 4.98 Å². The topological polar surface area (TPSA) is 49.6 Å². The largest absolute Gasteiger partial charge is 0.350 e. The van der Waals surface area contributed by atoms with E-state index in [1.807, 2.05) is 28.8 Å². The van der Waals surface area contributed by atoms with Gasteiger partial charge < -0.3 is 4.90 Å². The van der Waals surface area contributed by atoms with Crippen molar-refractivity contribution in [1.82, 2.24) is 24.5 Å². The molecule has 1 fully saturated rings. The van der Waals surface area contributed by atoms with Gasteiger partial charge >= 0.3 is 0 Å². The zero-order valence-corrected chi connectivity index (χ0v) is 13.6. The molecule has 0 bridgehead atoms. The van der Waals surface area contributed by atoms with Crippen LogP contribution in [0.2, 0.25) is 5.02 Å². The highest BCUT2D eigenvalue weighted by molar-refractivity contribution is 6.31. The van der Waals surface area contributed by atoms with Gasteiger partial charge in [-0.1, -0.05) is 29.8 Å². The van der Waals surface area contributed by atoms with E-state index in [0.29, 0.717) is 6.04 Å². The molecular formula is C16H17ClN6. The van der Waals surface area contributed by atoms with Gasteiger partial charge in [0.25, 0.3) is 0 Å². The van der Waals surface area contributed by atoms with Crippen LogP contribution < -0.4 is 4.90 Å². The van der Waals surface area contributed by atoms with Crippen molar-refractivity contribution in [2.24, 2.45) is 0 Å². The van der Waals surface area contributed by atoms with Crippen LogP contribution in [0.1, 0.15) is 5.56 Å². The Morgan fingerprint density at radius 2 is 2.13 bits per heavy atom. The average molecular weight is 329 g/mol. The molecule has 0 spiro atoms. The Bertz CT molecular complexity index is 826. The molecule has 1 aromatic carbocycles. The molecule has 23 heavy (non-hydrogen) atoms. The van der Waals surface area contributed by atoms with Crippen molar-refractivity contribution >= 4 is 23.1 Å². The van der Waals surface area contributed by atoms with Crippen LogP contribution >= 0.6 is 11.6 Å². The summed E-state index contributed by atoms with van der Waals surface area (Å²) in [6.07, 6.45) is 5.34. The first-order chi connectivity index (χ1) is 11.2. The molecule has 3 heterocycles. The highest BCUT2D eigenvalue weighted by Crippen LogP contribution is 2.25. The molecule has 0 saturated carbocycles. The summed E-state index contributed by atoms with van der Waals surface area (Å²) in [6.45, 7) is 2.71. The van der Waals surface area contributed by atoms with E-state index in [4.69, 9.17) is 11.6 Å². The fourth-order valence-corrected chi connectivity index (χ4v) is 3.10. The normalized spacial score (nSPS) is 15.3. The third-order valence-corrected chi connectivity index (χ3v) is 4.73. The number of fused-ring (bicyclic) bond motifs is 1. The highest BCUT2D eigenvalue weighted by atomic mass is 35.5. The van der Waals surface area contributed by atoms with Gasteiger partial charge in [0.2, 0.25) is 5.65 Å². The molecule has 1 saturated heterocycles. The molecule has 0 amide bonds. The monoisotopic (exact) mass is 328 g/mol. The highest BCUT2D eigenvalue weighted by Gasteiger charge is 2.32. The maximum Gasteiger partial charge on any atom is 0.203 e. The predicted octanol–water partition coefficient (Wildman–Crippen LogP) is 2.10. The summed E-state index contributed by atoms with van der Waals surface area (Å²) in [5.41, 5.74) is 1.97. The zero-order valence-electron chi connectivity index (χ0n) is 12.8. The molecule has 0 N–H and O–H groups in total. The molecule has 7 heteroatoms. The number of hydrogen-bond acceptors (Lipinski definition) is 5. The van der Waals surface area contributed by atoms with Gasteiger partial charge in [0.15, 0.2) is 5.82 Å². The Balaban J connectivity index is 1.43. The third-order valence-electron chi connectivity index (χ3n) is 4.36. The second-order valence-corrected chi connectivity index (χ2v) is 6.29. The van der Waals surface area contributed by atoms with Gasteiger partial charge in [-0.05, 0) is 18.7 Å². The molecule has 1 aliphatic heterocycles. The van der Waals surface area contributed by atoms with E-state index in [2.05, 4.69) is 38.1 Å². The van der Waals surface area contributed by atoms with Crippen molar-refractivity contribution < 1.29 is 0 Å². The van der Waals surface area contributed by atoms with Crippen LogP contribution in [0.4, 0.5) is 5.82 Å². The lowest BCUT2D eigenvalue weighted by molar-refractivity contribution is 0.197. The summed E-state index contributed by atoms with van der Waals surface area (Å²) >= 11 is 6.25. The number of halogens is 1. The molecule has 0 atom stereocenters. The molecular weight excluding hydrogens is 312 g/mol. The van der Waals surface area contributed by atoms with Crippen molar-refractivity contribution in [3.8, 4) is 0 Å². The maximum absolute atomic E-state index is 6.25. The molecule has 0 radical (unpaired) electrons. The second kappa shape index (κ2) is 5.79. The SMILES string of the molecule is CN(Cc1ccccc1Cl)C1CN(c2nccn3cnnc23)C1. The number of rotatable bonds is 4. The van der Waals surface area contributed by atoms with Gasteiger partial charge in [0, 0.05) is 43.1 Å². The first kappa shape index (κ1) is 14.4. The minimum atomic E-state index is 0.483. The van der Waals surface area contributed by atoms with Crippen molar-refractivity contribution in [3.63, 3.8) is 0 Å². The second-order valence-electron chi connectivity index (χ2n) is 5.88. The van der Waals surface area contributed by atoms with Crippen molar-refractivity contribution in [3.05, 3.63) is 53.6 Å². The number of hydrogen-bond donors (Lipinski definition) is 0. The molecule has 2 aromatic heterocycles. The van der Waals surface area contributed by atoms with E-state index in [9.17, 15) is 0 Å². The fourth-order valence-electron chi connectivity index (χ4n) is 2.90. The van der Waals surface area contributed by atoms with Gasteiger partial charge in [-0.2, -0.15) is 0 Å². The number of nitrogens with zero attached hydrogens (tertiary/aromatic N) is 6. The Hall–Kier alpha value is -2.18. The molecule has 1 aliphatic rings. The minimum absolute atomic E-state index is 0.483. The minimum Gasteiger partial charge on any atom is -0.350 e. The summed E-state index contributed by atoms with van der Waals surface area (Å²) in [4.78, 5) is 9.02. The lowest BCUT2D eigenvalue weighted by atomic mass is 10.1. The standard InChI is InChI=1S/C16H17ClN6/c1-21(8-12-4-2-3-5-14(12)17)13-9-23(10-13)15-16-20-19-11-22(16)7-6-18-15/h2-7,11,13H,8-10H2,1H3. The first-order valence-corrected chi connectivity index (χ1v) is 7.93. The number of likely N-dealkylation sites (N-methyl/N-ethyl adjacent to an activating group) is 1. The maximum atomic E-state index is 6.25. The summed E-state index contributed by atoms with van der Waals surface area (Å²) in [6, 6.07) is 8.48. The number of anilines is 1. The van der Waals surface area contributed by atoms with Crippen molar-refractivity contribution in [1.29, 1.82) is 0 Å². The zero-order chi connectivity index (χ0) is 15.8. The Labute approximate surface area is 139 Å². The van der Waals surface area contributed by atoms with Gasteiger partial charge in [-0.15, -0.1) is 10.2 Å². The molecule has 6 nitrogen and oxygen atoms in total. The van der Waals surface area contributed by atoms with E-state index in [-0.39, 0.29) is 0 Å². The van der Waals surface area contributed by atoms with E-state index in [1.165, 1.54) is 0 Å². The van der Waals surface area contributed by atoms with Crippen LogP contribution in [-0.4, -0.2) is 50.7 Å². The summed E-state index contributed by atoms with van der Waals surface area (Å²) in [5.74, 6) is 0.896. The van der Waals surface area contributed by atoms with E-state index < -0.39 is 0 Å². The summed E-state index contributed by atoms with van der Waals surface area (Å²) in [5, 5.41) is 8.92. The Morgan fingerprint density at radius 3 is 2.96 bits per heavy atom. The van der Waals surface area contributed by atoms with Crippen molar-refractivity contribution in [2.45, 2.75) is 12.6 Å². The first-order valence-electron chi connectivity index (χ1n) is 7.55. The number of benzene rings is 1. The van der Waals surface area contributed by atoms with E-state index >= 15 is 0 Å². The van der Waals surface area contributed by atoms with Crippen LogP contribution in [0.25, 0.3) is 5.65 Å². The molecule has 4 rings (SSSR count). The molecule has 118 valence electrons. The fraction of sp³-hybridized carbons (Fsp3) is 0.312. The Morgan fingerprint density at radius 1 is 1.30 bits per heavy atom. The number of aromatic nitrogens is 4. The van der Waals surface area contributed by atoms with Crippen molar-refractivity contribution in [2.75, 3.05) is 25.0 Å². The quantitative estimate of drug-likeness (QED) is 0.734. The van der Waals surface area contributed by atoms with Crippen LogP contribution in [0.5, 0.6) is 0 Å². The average Bonchev–Trinajstić information content (AvgIpc) is 2.97. The molecule has 3 aromatic rings. The van der Waals surface area contributed by atoms with E-state index in [1.54, 1.807) is 12.5 Å². The molecule has 0 aliphatic carbocycles. The molecule has 0 unspecified atom stereocenters. The smallest absolute Gasteiger partial charge is 0.203 e. The summed E-state index contributed by atoms with van der Waals surface area (Å²) in [7, 11) is 2.14. The lowest BCUT2D eigenvalue weighted by Gasteiger charge is -2.44. The lowest BCUT2D eigenvalue weighted by Crippen LogP contribution is -2.58. The van der Waals surface area contributed by atoms with Gasteiger partial charge in [0.05, 0.1) is 0 Å². The third kappa shape index (κ3) is 2.64. The van der Waals surface area contributed by atoms with Crippen LogP contribution in [0, 0.1) is 0 Å². The van der Waals surface area contributed by atoms with Crippen LogP contribution in [0.15, 0.2) is 43.0 Å². The van der Waals surface area contributed by atoms with E-state index in [0.717, 1.165) is 41.7 Å². The predicted molar refractivity (Wildman–Crippen MR) is 89.7 cm³/mol.